The molecule has 10 nitrogen and oxygen atoms in total. The van der Waals surface area contributed by atoms with Crippen LogP contribution in [0.5, 0.6) is 0 Å². The van der Waals surface area contributed by atoms with Gasteiger partial charge in [0.05, 0.1) is 28.1 Å². The molecule has 0 bridgehead atoms. The molecule has 0 unspecified atom stereocenters. The number of aromatic amines is 1. The van der Waals surface area contributed by atoms with E-state index in [-0.39, 0.29) is 32.3 Å². The number of aromatic nitrogens is 2. The van der Waals surface area contributed by atoms with Crippen LogP contribution in [0.15, 0.2) is 50.1 Å². The van der Waals surface area contributed by atoms with Crippen LogP contribution in [-0.2, 0) is 20.7 Å². The van der Waals surface area contributed by atoms with E-state index in [0.29, 0.717) is 16.5 Å². The monoisotopic (exact) mass is 538 g/mol. The average Bonchev–Trinajstić information content (AvgIpc) is 2.71. The lowest BCUT2D eigenvalue weighted by Crippen LogP contribution is -2.22. The number of H-pyrrole nitrogens is 1. The van der Waals surface area contributed by atoms with Crippen LogP contribution in [0, 0.1) is 10.1 Å². The Morgan fingerprint density at radius 3 is 2.43 bits per heavy atom. The molecule has 0 radical (unpaired) electrons. The number of benzene rings is 2. The lowest BCUT2D eigenvalue weighted by atomic mass is 10.1. The van der Waals surface area contributed by atoms with Crippen molar-refractivity contribution in [3.8, 4) is 0 Å². The summed E-state index contributed by atoms with van der Waals surface area (Å²) >= 11 is 6.31. The summed E-state index contributed by atoms with van der Waals surface area (Å²) in [5.74, 6) is -1.35. The standard InChI is InChI=1S/C18H12Br2N4O6/c19-12-5-9(24(28)29)6-13(20)17(12)21-15(25)8-30-16(26)7-14-10-3-1-2-4-11(10)18(27)23-22-14/h1-6H,7-8H2,(H,21,25)(H,23,27). The highest BCUT2D eigenvalue weighted by molar-refractivity contribution is 9.11. The van der Waals surface area contributed by atoms with Crippen molar-refractivity contribution in [3.63, 3.8) is 0 Å². The van der Waals surface area contributed by atoms with E-state index in [1.807, 2.05) is 0 Å². The molecule has 1 amide bonds. The summed E-state index contributed by atoms with van der Waals surface area (Å²) in [4.78, 5) is 46.3. The van der Waals surface area contributed by atoms with Crippen molar-refractivity contribution in [2.45, 2.75) is 6.42 Å². The van der Waals surface area contributed by atoms with Gasteiger partial charge in [-0.3, -0.25) is 24.5 Å². The minimum atomic E-state index is -0.711. The normalized spacial score (nSPS) is 10.6. The number of nitrogens with zero attached hydrogens (tertiary/aromatic N) is 2. The van der Waals surface area contributed by atoms with E-state index < -0.39 is 23.4 Å². The predicted molar refractivity (Wildman–Crippen MR) is 114 cm³/mol. The molecule has 0 fully saturated rings. The van der Waals surface area contributed by atoms with Gasteiger partial charge < -0.3 is 10.1 Å². The summed E-state index contributed by atoms with van der Waals surface area (Å²) in [7, 11) is 0. The van der Waals surface area contributed by atoms with Crippen molar-refractivity contribution >= 4 is 65.9 Å². The highest BCUT2D eigenvalue weighted by Crippen LogP contribution is 2.35. The van der Waals surface area contributed by atoms with Crippen LogP contribution in [0.2, 0.25) is 0 Å². The van der Waals surface area contributed by atoms with Gasteiger partial charge in [0.15, 0.2) is 6.61 Å². The van der Waals surface area contributed by atoms with Crippen molar-refractivity contribution in [1.82, 2.24) is 10.2 Å². The Hall–Kier alpha value is -3.12. The predicted octanol–water partition coefficient (Wildman–Crippen LogP) is 3.08. The van der Waals surface area contributed by atoms with Gasteiger partial charge in [-0.25, -0.2) is 5.10 Å². The Morgan fingerprint density at radius 2 is 1.80 bits per heavy atom. The molecule has 0 aliphatic rings. The number of nitro groups is 1. The number of nitro benzene ring substituents is 1. The zero-order valence-electron chi connectivity index (χ0n) is 15.0. The number of halogens is 2. The van der Waals surface area contributed by atoms with Gasteiger partial charge in [0.25, 0.3) is 17.2 Å². The molecule has 154 valence electrons. The average molecular weight is 540 g/mol. The summed E-state index contributed by atoms with van der Waals surface area (Å²) in [5.41, 5.74) is 0.0339. The Bertz CT molecular complexity index is 1200. The molecule has 3 rings (SSSR count). The van der Waals surface area contributed by atoms with Gasteiger partial charge >= 0.3 is 5.97 Å². The van der Waals surface area contributed by atoms with Crippen LogP contribution in [0.4, 0.5) is 11.4 Å². The fraction of sp³-hybridized carbons (Fsp3) is 0.111. The van der Waals surface area contributed by atoms with E-state index >= 15 is 0 Å². The van der Waals surface area contributed by atoms with E-state index in [0.717, 1.165) is 0 Å². The van der Waals surface area contributed by atoms with Gasteiger partial charge in [-0.2, -0.15) is 5.10 Å². The van der Waals surface area contributed by atoms with Gasteiger partial charge in [0.1, 0.15) is 0 Å². The summed E-state index contributed by atoms with van der Waals surface area (Å²) in [6, 6.07) is 9.15. The first kappa shape index (κ1) is 21.6. The number of nitrogens with one attached hydrogen (secondary N) is 2. The van der Waals surface area contributed by atoms with Gasteiger partial charge in [-0.05, 0) is 37.9 Å². The molecule has 12 heteroatoms. The molecule has 0 saturated carbocycles. The fourth-order valence-electron chi connectivity index (χ4n) is 2.60. The van der Waals surface area contributed by atoms with Gasteiger partial charge in [0, 0.05) is 26.5 Å². The lowest BCUT2D eigenvalue weighted by Gasteiger charge is -2.10. The van der Waals surface area contributed by atoms with Crippen LogP contribution in [0.25, 0.3) is 10.8 Å². The van der Waals surface area contributed by atoms with Crippen LogP contribution >= 0.6 is 31.9 Å². The minimum Gasteiger partial charge on any atom is -0.455 e. The number of fused-ring (bicyclic) bond motifs is 1. The van der Waals surface area contributed by atoms with Crippen molar-refractivity contribution in [2.24, 2.45) is 0 Å². The molecule has 0 saturated heterocycles. The zero-order valence-corrected chi connectivity index (χ0v) is 18.2. The van der Waals surface area contributed by atoms with E-state index in [2.05, 4.69) is 47.4 Å². The molecule has 30 heavy (non-hydrogen) atoms. The molecule has 1 aromatic heterocycles. The maximum absolute atomic E-state index is 12.1. The smallest absolute Gasteiger partial charge is 0.312 e. The fourth-order valence-corrected chi connectivity index (χ4v) is 3.96. The Labute approximate surface area is 185 Å². The maximum Gasteiger partial charge on any atom is 0.312 e. The highest BCUT2D eigenvalue weighted by Gasteiger charge is 2.17. The van der Waals surface area contributed by atoms with Gasteiger partial charge in [0.2, 0.25) is 0 Å². The largest absolute Gasteiger partial charge is 0.455 e. The quantitative estimate of drug-likeness (QED) is 0.278. The first-order valence-electron chi connectivity index (χ1n) is 8.31. The Kier molecular flexibility index (Phi) is 6.57. The number of ether oxygens (including phenoxy) is 1. The first-order chi connectivity index (χ1) is 14.3. The summed E-state index contributed by atoms with van der Waals surface area (Å²) in [6.07, 6.45) is -0.241. The van der Waals surface area contributed by atoms with Crippen LogP contribution in [0.3, 0.4) is 0 Å². The second-order valence-electron chi connectivity index (χ2n) is 5.97. The van der Waals surface area contributed by atoms with Crippen molar-refractivity contribution in [3.05, 3.63) is 71.5 Å². The Balaban J connectivity index is 1.63. The van der Waals surface area contributed by atoms with E-state index in [9.17, 15) is 24.5 Å². The molecular formula is C18H12Br2N4O6. The SMILES string of the molecule is O=C(COC(=O)Cc1n[nH]c(=O)c2ccccc12)Nc1c(Br)cc([N+](=O)[O-])cc1Br. The Morgan fingerprint density at radius 1 is 1.17 bits per heavy atom. The molecule has 2 N–H and O–H groups in total. The summed E-state index contributed by atoms with van der Waals surface area (Å²) < 4.78 is 5.55. The van der Waals surface area contributed by atoms with Crippen molar-refractivity contribution in [2.75, 3.05) is 11.9 Å². The number of hydrogen-bond donors (Lipinski definition) is 2. The lowest BCUT2D eigenvalue weighted by molar-refractivity contribution is -0.385. The number of carbonyl (C=O) groups is 2. The number of amides is 1. The maximum atomic E-state index is 12.1. The van der Waals surface area contributed by atoms with E-state index in [1.165, 1.54) is 12.1 Å². The molecular weight excluding hydrogens is 528 g/mol. The van der Waals surface area contributed by atoms with Gasteiger partial charge in [-0.1, -0.05) is 18.2 Å². The third kappa shape index (κ3) is 4.89. The number of rotatable bonds is 6. The number of carbonyl (C=O) groups excluding carboxylic acids is 2. The first-order valence-corrected chi connectivity index (χ1v) is 9.90. The van der Waals surface area contributed by atoms with E-state index in [1.54, 1.807) is 24.3 Å². The molecule has 3 aromatic rings. The highest BCUT2D eigenvalue weighted by atomic mass is 79.9. The molecule has 0 aliphatic heterocycles. The van der Waals surface area contributed by atoms with Crippen LogP contribution in [0.1, 0.15) is 5.69 Å². The van der Waals surface area contributed by atoms with Crippen molar-refractivity contribution in [1.29, 1.82) is 0 Å². The molecule has 0 atom stereocenters. The van der Waals surface area contributed by atoms with Crippen LogP contribution in [-0.4, -0.2) is 33.6 Å². The second kappa shape index (κ2) is 9.13. The molecule has 0 aliphatic carbocycles. The topological polar surface area (TPSA) is 144 Å². The van der Waals surface area contributed by atoms with E-state index in [4.69, 9.17) is 4.74 Å². The number of non-ortho nitro benzene ring substituents is 1. The zero-order chi connectivity index (χ0) is 21.8. The molecule has 2 aromatic carbocycles. The third-order valence-electron chi connectivity index (χ3n) is 3.95. The summed E-state index contributed by atoms with van der Waals surface area (Å²) in [5, 5.41) is 20.5. The minimum absolute atomic E-state index is 0.168. The third-order valence-corrected chi connectivity index (χ3v) is 5.20. The molecule has 0 spiro atoms. The van der Waals surface area contributed by atoms with Crippen molar-refractivity contribution < 1.29 is 19.2 Å². The summed E-state index contributed by atoms with van der Waals surface area (Å²) in [6.45, 7) is -0.573. The number of hydrogen-bond acceptors (Lipinski definition) is 7. The molecule has 1 heterocycles. The van der Waals surface area contributed by atoms with Gasteiger partial charge in [-0.15, -0.1) is 0 Å². The number of esters is 1. The number of anilines is 1. The van der Waals surface area contributed by atoms with Crippen LogP contribution < -0.4 is 10.9 Å². The second-order valence-corrected chi connectivity index (χ2v) is 7.68.